The molecular formula is C35H28N2O6S. The number of furan rings is 1. The molecule has 0 unspecified atom stereocenters. The highest BCUT2D eigenvalue weighted by Gasteiger charge is 2.35. The molecular weight excluding hydrogens is 576 g/mol. The van der Waals surface area contributed by atoms with Crippen LogP contribution in [0.5, 0.6) is 0 Å². The molecule has 2 aromatic heterocycles. The van der Waals surface area contributed by atoms with Gasteiger partial charge in [0.1, 0.15) is 11.5 Å². The van der Waals surface area contributed by atoms with Gasteiger partial charge in [-0.2, -0.15) is 0 Å². The Hall–Kier alpha value is -5.28. The Morgan fingerprint density at radius 2 is 1.55 bits per heavy atom. The predicted octanol–water partition coefficient (Wildman–Crippen LogP) is 5.37. The lowest BCUT2D eigenvalue weighted by Crippen LogP contribution is -2.39. The second-order valence-corrected chi connectivity index (χ2v) is 10.9. The Bertz CT molecular complexity index is 2050. The summed E-state index contributed by atoms with van der Waals surface area (Å²) in [5.41, 5.74) is 3.08. The van der Waals surface area contributed by atoms with Gasteiger partial charge in [-0.3, -0.25) is 9.36 Å². The van der Waals surface area contributed by atoms with Crippen molar-refractivity contribution < 1.29 is 23.5 Å². The van der Waals surface area contributed by atoms with Gasteiger partial charge in [0.2, 0.25) is 0 Å². The van der Waals surface area contributed by atoms with E-state index in [0.29, 0.717) is 43.3 Å². The van der Waals surface area contributed by atoms with E-state index < -0.39 is 18.0 Å². The van der Waals surface area contributed by atoms with Crippen LogP contribution in [0.2, 0.25) is 0 Å². The summed E-state index contributed by atoms with van der Waals surface area (Å²) in [4.78, 5) is 45.1. The fourth-order valence-corrected chi connectivity index (χ4v) is 6.10. The molecule has 9 heteroatoms. The minimum atomic E-state index is -0.748. The third-order valence-corrected chi connectivity index (χ3v) is 8.03. The summed E-state index contributed by atoms with van der Waals surface area (Å²) in [6.07, 6.45) is 1.67. The molecule has 0 bridgehead atoms. The number of hydrogen-bond donors (Lipinski definition) is 0. The van der Waals surface area contributed by atoms with Crippen LogP contribution in [0.15, 0.2) is 117 Å². The standard InChI is InChI=1S/C35H28N2O6S/c1-3-41-33(39)25-17-11-16-24(20-25)27-19-18-26(43-27)21-28-32(38)37-31(23-14-9-6-10-15-23)29(34(40)42-4-2)30(36-35(37)44-28)22-12-7-5-8-13-22/h5-21,31H,3-4H2,1-2H3/b28-21-/t31-/m1/s1. The molecule has 5 aromatic rings. The van der Waals surface area contributed by atoms with Crippen molar-refractivity contribution in [2.24, 2.45) is 4.99 Å². The van der Waals surface area contributed by atoms with Crippen LogP contribution in [0.1, 0.15) is 47.1 Å². The Morgan fingerprint density at radius 1 is 0.864 bits per heavy atom. The molecule has 0 aliphatic carbocycles. The molecule has 44 heavy (non-hydrogen) atoms. The van der Waals surface area contributed by atoms with E-state index in [2.05, 4.69) is 0 Å². The molecule has 6 rings (SSSR count). The van der Waals surface area contributed by atoms with Gasteiger partial charge in [0.05, 0.1) is 40.6 Å². The number of esters is 2. The Morgan fingerprint density at radius 3 is 2.27 bits per heavy atom. The van der Waals surface area contributed by atoms with Gasteiger partial charge in [0.25, 0.3) is 5.56 Å². The highest BCUT2D eigenvalue weighted by Crippen LogP contribution is 2.35. The molecule has 0 spiro atoms. The van der Waals surface area contributed by atoms with Crippen LogP contribution in [-0.2, 0) is 14.3 Å². The third-order valence-electron chi connectivity index (χ3n) is 7.05. The summed E-state index contributed by atoms with van der Waals surface area (Å²) < 4.78 is 18.6. The molecule has 0 saturated heterocycles. The minimum Gasteiger partial charge on any atom is -0.463 e. The number of nitrogens with zero attached hydrogens (tertiary/aromatic N) is 2. The average molecular weight is 605 g/mol. The van der Waals surface area contributed by atoms with E-state index in [1.807, 2.05) is 66.7 Å². The van der Waals surface area contributed by atoms with E-state index in [-0.39, 0.29) is 18.8 Å². The summed E-state index contributed by atoms with van der Waals surface area (Å²) in [5.74, 6) is 0.0514. The van der Waals surface area contributed by atoms with Crippen LogP contribution >= 0.6 is 11.3 Å². The van der Waals surface area contributed by atoms with Crippen molar-refractivity contribution in [2.45, 2.75) is 19.9 Å². The molecule has 3 heterocycles. The zero-order chi connectivity index (χ0) is 30.6. The topological polar surface area (TPSA) is 100 Å². The second-order valence-electron chi connectivity index (χ2n) is 9.85. The largest absolute Gasteiger partial charge is 0.463 e. The number of benzene rings is 3. The Kier molecular flexibility index (Phi) is 8.21. The quantitative estimate of drug-likeness (QED) is 0.221. The van der Waals surface area contributed by atoms with Crippen molar-refractivity contribution in [3.05, 3.63) is 145 Å². The number of hydrogen-bond acceptors (Lipinski definition) is 8. The first kappa shape index (κ1) is 28.8. The fraction of sp³-hybridized carbons (Fsp3) is 0.143. The number of ether oxygens (including phenoxy) is 2. The summed E-state index contributed by atoms with van der Waals surface area (Å²) in [5, 5.41) is 0. The number of carbonyl (C=O) groups excluding carboxylic acids is 2. The molecule has 0 saturated carbocycles. The van der Waals surface area contributed by atoms with Gasteiger partial charge in [0, 0.05) is 17.2 Å². The van der Waals surface area contributed by atoms with Gasteiger partial charge in [-0.05, 0) is 43.7 Å². The number of carbonyl (C=O) groups is 2. The zero-order valence-corrected chi connectivity index (χ0v) is 24.9. The van der Waals surface area contributed by atoms with Crippen LogP contribution in [-0.4, -0.2) is 29.7 Å². The fourth-order valence-electron chi connectivity index (χ4n) is 5.12. The summed E-state index contributed by atoms with van der Waals surface area (Å²) in [6.45, 7) is 3.97. The SMILES string of the molecule is CCOC(=O)C1=C(c2ccccc2)N=c2s/c(=C\c3ccc(-c4cccc(C(=O)OCC)c4)o3)c(=O)n2[C@@H]1c1ccccc1. The van der Waals surface area contributed by atoms with Gasteiger partial charge in [-0.1, -0.05) is 84.1 Å². The van der Waals surface area contributed by atoms with Gasteiger partial charge in [0.15, 0.2) is 4.80 Å². The van der Waals surface area contributed by atoms with E-state index in [4.69, 9.17) is 18.9 Å². The maximum absolute atomic E-state index is 14.0. The van der Waals surface area contributed by atoms with Crippen molar-refractivity contribution in [1.29, 1.82) is 0 Å². The van der Waals surface area contributed by atoms with Crippen LogP contribution in [0, 0.1) is 0 Å². The normalized spacial score (nSPS) is 14.6. The van der Waals surface area contributed by atoms with Gasteiger partial charge < -0.3 is 13.9 Å². The van der Waals surface area contributed by atoms with E-state index in [1.54, 1.807) is 54.8 Å². The lowest BCUT2D eigenvalue weighted by molar-refractivity contribution is -0.138. The Balaban J connectivity index is 1.49. The maximum Gasteiger partial charge on any atom is 0.338 e. The van der Waals surface area contributed by atoms with E-state index in [0.717, 1.165) is 11.1 Å². The first-order chi connectivity index (χ1) is 21.5. The van der Waals surface area contributed by atoms with E-state index in [1.165, 1.54) is 11.3 Å². The number of thiazole rings is 1. The number of aromatic nitrogens is 1. The number of rotatable bonds is 8. The van der Waals surface area contributed by atoms with Crippen LogP contribution in [0.3, 0.4) is 0 Å². The van der Waals surface area contributed by atoms with E-state index in [9.17, 15) is 14.4 Å². The Labute approximate surface area is 256 Å². The third kappa shape index (κ3) is 5.57. The highest BCUT2D eigenvalue weighted by molar-refractivity contribution is 7.07. The first-order valence-electron chi connectivity index (χ1n) is 14.2. The summed E-state index contributed by atoms with van der Waals surface area (Å²) in [7, 11) is 0. The van der Waals surface area contributed by atoms with Gasteiger partial charge in [-0.25, -0.2) is 14.6 Å². The molecule has 220 valence electrons. The summed E-state index contributed by atoms with van der Waals surface area (Å²) in [6, 6.07) is 28.6. The molecule has 1 atom stereocenters. The van der Waals surface area contributed by atoms with Crippen molar-refractivity contribution in [1.82, 2.24) is 4.57 Å². The van der Waals surface area contributed by atoms with Crippen LogP contribution < -0.4 is 14.9 Å². The zero-order valence-electron chi connectivity index (χ0n) is 24.1. The van der Waals surface area contributed by atoms with Gasteiger partial charge >= 0.3 is 11.9 Å². The van der Waals surface area contributed by atoms with Crippen LogP contribution in [0.4, 0.5) is 0 Å². The van der Waals surface area contributed by atoms with Crippen LogP contribution in [0.25, 0.3) is 23.1 Å². The molecule has 0 amide bonds. The minimum absolute atomic E-state index is 0.180. The molecule has 0 radical (unpaired) electrons. The predicted molar refractivity (Wildman–Crippen MR) is 168 cm³/mol. The number of fused-ring (bicyclic) bond motifs is 1. The molecule has 1 aliphatic heterocycles. The summed E-state index contributed by atoms with van der Waals surface area (Å²) >= 11 is 1.22. The van der Waals surface area contributed by atoms with Crippen molar-refractivity contribution >= 4 is 35.0 Å². The average Bonchev–Trinajstić information content (AvgIpc) is 3.65. The molecule has 1 aliphatic rings. The highest BCUT2D eigenvalue weighted by atomic mass is 32.1. The van der Waals surface area contributed by atoms with E-state index >= 15 is 0 Å². The molecule has 8 nitrogen and oxygen atoms in total. The molecule has 3 aromatic carbocycles. The molecule has 0 fully saturated rings. The smallest absolute Gasteiger partial charge is 0.338 e. The van der Waals surface area contributed by atoms with Crippen molar-refractivity contribution in [3.63, 3.8) is 0 Å². The lowest BCUT2D eigenvalue weighted by atomic mass is 9.93. The monoisotopic (exact) mass is 604 g/mol. The van der Waals surface area contributed by atoms with Crippen molar-refractivity contribution in [3.8, 4) is 11.3 Å². The first-order valence-corrected chi connectivity index (χ1v) is 15.0. The maximum atomic E-state index is 14.0. The van der Waals surface area contributed by atoms with Gasteiger partial charge in [-0.15, -0.1) is 0 Å². The molecule has 0 N–H and O–H groups in total. The lowest BCUT2D eigenvalue weighted by Gasteiger charge is -2.25. The second kappa shape index (κ2) is 12.5. The van der Waals surface area contributed by atoms with Crippen molar-refractivity contribution in [2.75, 3.05) is 13.2 Å².